The van der Waals surface area contributed by atoms with Crippen LogP contribution in [0.5, 0.6) is 0 Å². The quantitative estimate of drug-likeness (QED) is 0.333. The Balaban J connectivity index is 1.79. The molecule has 1 heterocycles. The Morgan fingerprint density at radius 2 is 1.64 bits per heavy atom. The molecule has 4 rings (SSSR count). The summed E-state index contributed by atoms with van der Waals surface area (Å²) in [5, 5.41) is 0.487. The van der Waals surface area contributed by atoms with Crippen LogP contribution in [0.25, 0.3) is 16.6 Å². The first-order valence-corrected chi connectivity index (χ1v) is 13.5. The lowest BCUT2D eigenvalue weighted by atomic mass is 9.82. The van der Waals surface area contributed by atoms with Gasteiger partial charge in [0.25, 0.3) is 5.56 Å². The molecule has 4 aromatic rings. The van der Waals surface area contributed by atoms with Crippen molar-refractivity contribution >= 4 is 20.9 Å². The fourth-order valence-corrected chi connectivity index (χ4v) is 5.46. The van der Waals surface area contributed by atoms with Gasteiger partial charge in [0, 0.05) is 7.05 Å². The summed E-state index contributed by atoms with van der Waals surface area (Å²) >= 11 is 0. The van der Waals surface area contributed by atoms with Crippen molar-refractivity contribution in [2.24, 2.45) is 0 Å². The number of hydrogen-bond acceptors (Lipinski definition) is 4. The molecule has 0 amide bonds. The first-order chi connectivity index (χ1) is 17.0. The number of nitrogens with zero attached hydrogens (tertiary/aromatic N) is 3. The van der Waals surface area contributed by atoms with Gasteiger partial charge in [-0.2, -0.15) is 4.31 Å². The number of rotatable bonds is 7. The predicted octanol–water partition coefficient (Wildman–Crippen LogP) is 5.51. The molecule has 0 saturated heterocycles. The third-order valence-electron chi connectivity index (χ3n) is 7.03. The minimum Gasteiger partial charge on any atom is -0.268 e. The minimum atomic E-state index is -3.81. The maximum absolute atomic E-state index is 13.6. The van der Waals surface area contributed by atoms with Crippen molar-refractivity contribution in [3.63, 3.8) is 0 Å². The Morgan fingerprint density at radius 1 is 0.972 bits per heavy atom. The van der Waals surface area contributed by atoms with E-state index in [0.29, 0.717) is 22.4 Å². The molecule has 0 radical (unpaired) electrons. The second kappa shape index (κ2) is 9.64. The fraction of sp³-hybridized carbons (Fsp3) is 0.310. The van der Waals surface area contributed by atoms with Crippen LogP contribution in [-0.2, 0) is 22.0 Å². The Bertz CT molecular complexity index is 1590. The van der Waals surface area contributed by atoms with Crippen LogP contribution < -0.4 is 5.56 Å². The number of aryl methyl sites for hydroxylation is 2. The Kier molecular flexibility index (Phi) is 6.90. The summed E-state index contributed by atoms with van der Waals surface area (Å²) in [6.07, 6.45) is 0.947. The van der Waals surface area contributed by atoms with Gasteiger partial charge in [0.1, 0.15) is 5.82 Å². The van der Waals surface area contributed by atoms with Crippen molar-refractivity contribution in [2.75, 3.05) is 7.05 Å². The van der Waals surface area contributed by atoms with Gasteiger partial charge in [0.2, 0.25) is 10.0 Å². The van der Waals surface area contributed by atoms with E-state index in [4.69, 9.17) is 4.98 Å². The normalized spacial score (nSPS) is 12.4. The SMILES string of the molecule is CCC(C)(C)c1ccc(S(=O)(=O)N(C)Cc2nc3ccccc3c(=O)n2-c2ccc(C)cc2C)cc1. The lowest BCUT2D eigenvalue weighted by molar-refractivity contribution is 0.451. The zero-order valence-corrected chi connectivity index (χ0v) is 22.6. The van der Waals surface area contributed by atoms with Crippen LogP contribution in [-0.4, -0.2) is 29.3 Å². The molecule has 0 fully saturated rings. The molecule has 0 saturated carbocycles. The molecule has 0 N–H and O–H groups in total. The molecule has 188 valence electrons. The van der Waals surface area contributed by atoms with Crippen molar-refractivity contribution in [1.29, 1.82) is 0 Å². The fourth-order valence-electron chi connectivity index (χ4n) is 4.34. The van der Waals surface area contributed by atoms with E-state index in [-0.39, 0.29) is 22.4 Å². The second-order valence-electron chi connectivity index (χ2n) is 10.00. The third kappa shape index (κ3) is 4.73. The Morgan fingerprint density at radius 3 is 2.28 bits per heavy atom. The van der Waals surface area contributed by atoms with E-state index in [9.17, 15) is 13.2 Å². The number of fused-ring (bicyclic) bond motifs is 1. The molecule has 1 aromatic heterocycles. The molecular formula is C29H33N3O3S. The molecule has 0 aliphatic carbocycles. The van der Waals surface area contributed by atoms with Crippen LogP contribution in [0.15, 0.2) is 76.4 Å². The number of para-hydroxylation sites is 1. The van der Waals surface area contributed by atoms with Crippen LogP contribution in [0.1, 0.15) is 49.7 Å². The summed E-state index contributed by atoms with van der Waals surface area (Å²) in [4.78, 5) is 18.6. The summed E-state index contributed by atoms with van der Waals surface area (Å²) in [6, 6.07) is 20.0. The van der Waals surface area contributed by atoms with Crippen molar-refractivity contribution in [2.45, 2.75) is 57.9 Å². The smallest absolute Gasteiger partial charge is 0.266 e. The van der Waals surface area contributed by atoms with E-state index >= 15 is 0 Å². The first-order valence-electron chi connectivity index (χ1n) is 12.1. The standard InChI is InChI=1S/C29H33N3O3S/c1-7-29(4,5)22-13-15-23(16-14-22)36(34,35)31(6)19-27-30-25-11-9-8-10-24(25)28(33)32(27)26-17-12-20(2)18-21(26)3/h8-18H,7,19H2,1-6H3. The number of benzene rings is 3. The van der Waals surface area contributed by atoms with Gasteiger partial charge in [0.15, 0.2) is 0 Å². The number of sulfonamides is 1. The highest BCUT2D eigenvalue weighted by atomic mass is 32.2. The van der Waals surface area contributed by atoms with Gasteiger partial charge in [-0.15, -0.1) is 0 Å². The zero-order chi connectivity index (χ0) is 26.3. The molecule has 3 aromatic carbocycles. The van der Waals surface area contributed by atoms with E-state index < -0.39 is 10.0 Å². The lowest BCUT2D eigenvalue weighted by Gasteiger charge is -2.24. The monoisotopic (exact) mass is 503 g/mol. The van der Waals surface area contributed by atoms with E-state index in [1.807, 2.05) is 50.2 Å². The van der Waals surface area contributed by atoms with Gasteiger partial charge >= 0.3 is 0 Å². The van der Waals surface area contributed by atoms with Crippen LogP contribution >= 0.6 is 0 Å². The molecule has 0 bridgehead atoms. The summed E-state index contributed by atoms with van der Waals surface area (Å²) < 4.78 is 29.8. The molecule has 0 atom stereocenters. The summed E-state index contributed by atoms with van der Waals surface area (Å²) in [7, 11) is -2.29. The van der Waals surface area contributed by atoms with Crippen molar-refractivity contribution in [3.8, 4) is 5.69 Å². The zero-order valence-electron chi connectivity index (χ0n) is 21.7. The van der Waals surface area contributed by atoms with Crippen LogP contribution in [0.3, 0.4) is 0 Å². The summed E-state index contributed by atoms with van der Waals surface area (Å²) in [6.45, 7) is 10.3. The minimum absolute atomic E-state index is 0.0365. The molecule has 7 heteroatoms. The largest absolute Gasteiger partial charge is 0.268 e. The molecule has 0 aliphatic heterocycles. The van der Waals surface area contributed by atoms with E-state index in [1.165, 1.54) is 15.9 Å². The van der Waals surface area contributed by atoms with Gasteiger partial charge < -0.3 is 0 Å². The van der Waals surface area contributed by atoms with Gasteiger partial charge in [0.05, 0.1) is 28.0 Å². The Hall–Kier alpha value is -3.29. The van der Waals surface area contributed by atoms with Crippen molar-refractivity contribution in [1.82, 2.24) is 13.9 Å². The maximum Gasteiger partial charge on any atom is 0.266 e. The average Bonchev–Trinajstić information content (AvgIpc) is 2.85. The van der Waals surface area contributed by atoms with Gasteiger partial charge in [-0.25, -0.2) is 13.4 Å². The van der Waals surface area contributed by atoms with Crippen LogP contribution in [0, 0.1) is 13.8 Å². The number of hydrogen-bond donors (Lipinski definition) is 0. The second-order valence-corrected chi connectivity index (χ2v) is 12.0. The van der Waals surface area contributed by atoms with Gasteiger partial charge in [-0.05, 0) is 67.1 Å². The molecule has 6 nitrogen and oxygen atoms in total. The lowest BCUT2D eigenvalue weighted by Crippen LogP contribution is -2.32. The van der Waals surface area contributed by atoms with Gasteiger partial charge in [-0.1, -0.05) is 62.7 Å². The number of aromatic nitrogens is 2. The molecule has 0 spiro atoms. The van der Waals surface area contributed by atoms with Crippen molar-refractivity contribution < 1.29 is 8.42 Å². The third-order valence-corrected chi connectivity index (χ3v) is 8.85. The highest BCUT2D eigenvalue weighted by Gasteiger charge is 2.25. The molecule has 36 heavy (non-hydrogen) atoms. The Labute approximate surface area is 213 Å². The van der Waals surface area contributed by atoms with E-state index in [2.05, 4.69) is 20.8 Å². The average molecular weight is 504 g/mol. The summed E-state index contributed by atoms with van der Waals surface area (Å²) in [5.74, 6) is 0.362. The van der Waals surface area contributed by atoms with Crippen LogP contribution in [0.4, 0.5) is 0 Å². The highest BCUT2D eigenvalue weighted by Crippen LogP contribution is 2.28. The predicted molar refractivity (Wildman–Crippen MR) is 145 cm³/mol. The highest BCUT2D eigenvalue weighted by molar-refractivity contribution is 7.89. The van der Waals surface area contributed by atoms with Gasteiger partial charge in [-0.3, -0.25) is 9.36 Å². The topological polar surface area (TPSA) is 72.3 Å². The maximum atomic E-state index is 13.6. The molecular weight excluding hydrogens is 470 g/mol. The van der Waals surface area contributed by atoms with Crippen molar-refractivity contribution in [3.05, 3.63) is 99.6 Å². The molecule has 0 aliphatic rings. The van der Waals surface area contributed by atoms with E-state index in [1.54, 1.807) is 30.3 Å². The summed E-state index contributed by atoms with van der Waals surface area (Å²) in [5.41, 5.74) is 4.05. The molecule has 0 unspecified atom stereocenters. The van der Waals surface area contributed by atoms with Crippen LogP contribution in [0.2, 0.25) is 0 Å². The first kappa shape index (κ1) is 25.8. The van der Waals surface area contributed by atoms with E-state index in [0.717, 1.165) is 23.1 Å².